The maximum atomic E-state index is 6.11. The first kappa shape index (κ1) is 12.3. The molecule has 1 aromatic rings. The first-order valence-corrected chi connectivity index (χ1v) is 5.35. The Morgan fingerprint density at radius 1 is 1.33 bits per heavy atom. The van der Waals surface area contributed by atoms with Crippen molar-refractivity contribution in [2.24, 2.45) is 0 Å². The van der Waals surface area contributed by atoms with E-state index in [4.69, 9.17) is 16.3 Å². The van der Waals surface area contributed by atoms with Gasteiger partial charge in [-0.05, 0) is 51.2 Å². The van der Waals surface area contributed by atoms with Crippen LogP contribution in [0.2, 0.25) is 5.02 Å². The summed E-state index contributed by atoms with van der Waals surface area (Å²) >= 11 is 6.11. The second kappa shape index (κ2) is 4.86. The Kier molecular flexibility index (Phi) is 4.00. The van der Waals surface area contributed by atoms with Gasteiger partial charge in [-0.1, -0.05) is 11.6 Å². The zero-order chi connectivity index (χ0) is 11.6. The van der Waals surface area contributed by atoms with Crippen LogP contribution in [-0.4, -0.2) is 26.1 Å². The van der Waals surface area contributed by atoms with E-state index in [9.17, 15) is 0 Å². The van der Waals surface area contributed by atoms with Gasteiger partial charge in [0.05, 0.1) is 12.1 Å². The van der Waals surface area contributed by atoms with Crippen molar-refractivity contribution < 1.29 is 4.74 Å². The van der Waals surface area contributed by atoms with Gasteiger partial charge in [0.2, 0.25) is 0 Å². The van der Waals surface area contributed by atoms with E-state index in [1.54, 1.807) is 7.11 Å². The Morgan fingerprint density at radius 2 is 1.93 bits per heavy atom. The van der Waals surface area contributed by atoms with Crippen LogP contribution in [0.5, 0.6) is 5.75 Å². The molecule has 1 aromatic carbocycles. The van der Waals surface area contributed by atoms with Crippen LogP contribution in [0.4, 0.5) is 0 Å². The molecule has 0 spiro atoms. The molecule has 1 rings (SSSR count). The van der Waals surface area contributed by atoms with E-state index in [2.05, 4.69) is 32.8 Å². The van der Waals surface area contributed by atoms with Gasteiger partial charge in [0, 0.05) is 6.04 Å². The molecule has 0 bridgehead atoms. The Labute approximate surface area is 96.8 Å². The minimum Gasteiger partial charge on any atom is -0.495 e. The molecular formula is C12H18ClNO. The van der Waals surface area contributed by atoms with E-state index in [0.29, 0.717) is 11.1 Å². The molecule has 84 valence electrons. The number of benzene rings is 1. The van der Waals surface area contributed by atoms with Crippen molar-refractivity contribution in [3.05, 3.63) is 28.3 Å². The topological polar surface area (TPSA) is 12.5 Å². The van der Waals surface area contributed by atoms with Crippen LogP contribution < -0.4 is 4.74 Å². The van der Waals surface area contributed by atoms with Crippen molar-refractivity contribution in [3.8, 4) is 5.75 Å². The van der Waals surface area contributed by atoms with Crippen molar-refractivity contribution in [1.82, 2.24) is 4.90 Å². The number of nitrogens with zero attached hydrogens (tertiary/aromatic N) is 1. The van der Waals surface area contributed by atoms with Crippen LogP contribution >= 0.6 is 11.6 Å². The fourth-order valence-corrected chi connectivity index (χ4v) is 1.80. The lowest BCUT2D eigenvalue weighted by atomic mass is 10.0. The summed E-state index contributed by atoms with van der Waals surface area (Å²) in [6, 6.07) is 4.33. The van der Waals surface area contributed by atoms with E-state index in [-0.39, 0.29) is 0 Å². The van der Waals surface area contributed by atoms with Gasteiger partial charge >= 0.3 is 0 Å². The summed E-state index contributed by atoms with van der Waals surface area (Å²) in [5.41, 5.74) is 2.45. The molecule has 0 saturated carbocycles. The number of rotatable bonds is 3. The molecule has 1 atom stereocenters. The van der Waals surface area contributed by atoms with Crippen molar-refractivity contribution in [2.75, 3.05) is 21.2 Å². The fourth-order valence-electron chi connectivity index (χ4n) is 1.56. The van der Waals surface area contributed by atoms with Crippen LogP contribution in [0.1, 0.15) is 24.1 Å². The number of hydrogen-bond acceptors (Lipinski definition) is 2. The first-order valence-electron chi connectivity index (χ1n) is 4.97. The maximum Gasteiger partial charge on any atom is 0.137 e. The lowest BCUT2D eigenvalue weighted by molar-refractivity contribution is 0.319. The zero-order valence-electron chi connectivity index (χ0n) is 9.97. The molecule has 2 nitrogen and oxygen atoms in total. The summed E-state index contributed by atoms with van der Waals surface area (Å²) in [6.45, 7) is 4.24. The standard InChI is InChI=1S/C12H18ClNO/c1-8-6-12(15-5)11(13)7-10(8)9(2)14(3)4/h6-7,9H,1-5H3. The molecule has 15 heavy (non-hydrogen) atoms. The summed E-state index contributed by atoms with van der Waals surface area (Å²) < 4.78 is 5.18. The van der Waals surface area contributed by atoms with Gasteiger partial charge in [-0.3, -0.25) is 0 Å². The van der Waals surface area contributed by atoms with Crippen molar-refractivity contribution in [3.63, 3.8) is 0 Å². The quantitative estimate of drug-likeness (QED) is 0.786. The second-order valence-electron chi connectivity index (χ2n) is 3.98. The minimum absolute atomic E-state index is 0.355. The van der Waals surface area contributed by atoms with Crippen LogP contribution in [0, 0.1) is 6.92 Å². The van der Waals surface area contributed by atoms with Gasteiger partial charge in [0.1, 0.15) is 5.75 Å². The average molecular weight is 228 g/mol. The Bertz CT molecular complexity index is 350. The summed E-state index contributed by atoms with van der Waals surface area (Å²) in [6.07, 6.45) is 0. The van der Waals surface area contributed by atoms with Crippen LogP contribution in [0.3, 0.4) is 0 Å². The van der Waals surface area contributed by atoms with Gasteiger partial charge in [-0.15, -0.1) is 0 Å². The van der Waals surface area contributed by atoms with Crippen molar-refractivity contribution in [2.45, 2.75) is 19.9 Å². The normalized spacial score (nSPS) is 13.0. The third kappa shape index (κ3) is 2.64. The van der Waals surface area contributed by atoms with E-state index in [0.717, 1.165) is 5.75 Å². The van der Waals surface area contributed by atoms with Crippen LogP contribution in [0.15, 0.2) is 12.1 Å². The van der Waals surface area contributed by atoms with Gasteiger partial charge in [-0.25, -0.2) is 0 Å². The summed E-state index contributed by atoms with van der Waals surface area (Å²) in [5.74, 6) is 0.740. The highest BCUT2D eigenvalue weighted by molar-refractivity contribution is 6.32. The molecule has 0 aliphatic rings. The summed E-state index contributed by atoms with van der Waals surface area (Å²) in [7, 11) is 5.75. The van der Waals surface area contributed by atoms with Crippen molar-refractivity contribution >= 4 is 11.6 Å². The Hall–Kier alpha value is -0.730. The first-order chi connectivity index (χ1) is 6.97. The largest absolute Gasteiger partial charge is 0.495 e. The van der Waals surface area contributed by atoms with Crippen LogP contribution in [-0.2, 0) is 0 Å². The molecule has 1 unspecified atom stereocenters. The van der Waals surface area contributed by atoms with E-state index in [1.165, 1.54) is 11.1 Å². The van der Waals surface area contributed by atoms with Crippen molar-refractivity contribution in [1.29, 1.82) is 0 Å². The molecular weight excluding hydrogens is 210 g/mol. The Morgan fingerprint density at radius 3 is 2.40 bits per heavy atom. The van der Waals surface area contributed by atoms with E-state index in [1.807, 2.05) is 12.1 Å². The van der Waals surface area contributed by atoms with Gasteiger partial charge in [-0.2, -0.15) is 0 Å². The lowest BCUT2D eigenvalue weighted by Crippen LogP contribution is -2.17. The Balaban J connectivity index is 3.15. The van der Waals surface area contributed by atoms with Gasteiger partial charge in [0.25, 0.3) is 0 Å². The highest BCUT2D eigenvalue weighted by Gasteiger charge is 2.13. The minimum atomic E-state index is 0.355. The molecule has 0 aromatic heterocycles. The lowest BCUT2D eigenvalue weighted by Gasteiger charge is -2.22. The molecule has 3 heteroatoms. The summed E-state index contributed by atoms with van der Waals surface area (Å²) in [5, 5.41) is 0.673. The predicted molar refractivity (Wildman–Crippen MR) is 64.8 cm³/mol. The smallest absolute Gasteiger partial charge is 0.137 e. The van der Waals surface area contributed by atoms with E-state index < -0.39 is 0 Å². The number of aryl methyl sites for hydroxylation is 1. The maximum absolute atomic E-state index is 6.11. The third-order valence-electron chi connectivity index (χ3n) is 2.77. The average Bonchev–Trinajstić information content (AvgIpc) is 2.19. The third-order valence-corrected chi connectivity index (χ3v) is 3.06. The van der Waals surface area contributed by atoms with E-state index >= 15 is 0 Å². The monoisotopic (exact) mass is 227 g/mol. The number of ether oxygens (including phenoxy) is 1. The number of halogens is 1. The predicted octanol–water partition coefficient (Wildman–Crippen LogP) is 3.28. The molecule has 0 fully saturated rings. The molecule has 0 saturated heterocycles. The van der Waals surface area contributed by atoms with Gasteiger partial charge < -0.3 is 9.64 Å². The highest BCUT2D eigenvalue weighted by atomic mass is 35.5. The SMILES string of the molecule is COc1cc(C)c(C(C)N(C)C)cc1Cl. The molecule has 0 radical (unpaired) electrons. The number of hydrogen-bond donors (Lipinski definition) is 0. The highest BCUT2D eigenvalue weighted by Crippen LogP contribution is 2.31. The fraction of sp³-hybridized carbons (Fsp3) is 0.500. The number of methoxy groups -OCH3 is 1. The molecule has 0 N–H and O–H groups in total. The second-order valence-corrected chi connectivity index (χ2v) is 4.39. The van der Waals surface area contributed by atoms with Crippen LogP contribution in [0.25, 0.3) is 0 Å². The molecule has 0 heterocycles. The molecule has 0 amide bonds. The molecule has 0 aliphatic carbocycles. The molecule has 0 aliphatic heterocycles. The van der Waals surface area contributed by atoms with Gasteiger partial charge in [0.15, 0.2) is 0 Å². The summed E-state index contributed by atoms with van der Waals surface area (Å²) in [4.78, 5) is 2.16. The zero-order valence-corrected chi connectivity index (χ0v) is 10.7.